The SMILES string of the molecule is N=c1cc(-c2ccccc2)nc2n1CCN2Cc1cc(Cl)cc(Cl)c1. The molecule has 0 bridgehead atoms. The molecule has 1 aliphatic heterocycles. The van der Waals surface area contributed by atoms with E-state index < -0.39 is 0 Å². The smallest absolute Gasteiger partial charge is 0.208 e. The predicted octanol–water partition coefficient (Wildman–Crippen LogP) is 4.36. The summed E-state index contributed by atoms with van der Waals surface area (Å²) in [5, 5.41) is 9.59. The van der Waals surface area contributed by atoms with Crippen LogP contribution in [0.1, 0.15) is 5.56 Å². The Labute approximate surface area is 155 Å². The first-order valence-corrected chi connectivity index (χ1v) is 8.77. The predicted molar refractivity (Wildman–Crippen MR) is 101 cm³/mol. The first-order valence-electron chi connectivity index (χ1n) is 8.02. The van der Waals surface area contributed by atoms with Gasteiger partial charge < -0.3 is 4.90 Å². The van der Waals surface area contributed by atoms with Gasteiger partial charge in [0, 0.05) is 41.3 Å². The van der Waals surface area contributed by atoms with Gasteiger partial charge in [0.15, 0.2) is 0 Å². The van der Waals surface area contributed by atoms with Crippen molar-refractivity contribution in [1.29, 1.82) is 5.41 Å². The maximum absolute atomic E-state index is 8.33. The molecule has 0 unspecified atom stereocenters. The lowest BCUT2D eigenvalue weighted by Gasteiger charge is -2.18. The van der Waals surface area contributed by atoms with Crippen LogP contribution in [0, 0.1) is 5.41 Å². The summed E-state index contributed by atoms with van der Waals surface area (Å²) in [7, 11) is 0. The summed E-state index contributed by atoms with van der Waals surface area (Å²) in [5.41, 5.74) is 3.32. The lowest BCUT2D eigenvalue weighted by Crippen LogP contribution is -2.22. The van der Waals surface area contributed by atoms with Gasteiger partial charge in [0.05, 0.1) is 5.69 Å². The van der Waals surface area contributed by atoms with Crippen molar-refractivity contribution >= 4 is 29.2 Å². The van der Waals surface area contributed by atoms with E-state index in [9.17, 15) is 0 Å². The van der Waals surface area contributed by atoms with Crippen LogP contribution in [0.3, 0.4) is 0 Å². The topological polar surface area (TPSA) is 44.9 Å². The summed E-state index contributed by atoms with van der Waals surface area (Å²) in [6, 6.07) is 17.3. The molecule has 0 saturated carbocycles. The van der Waals surface area contributed by atoms with Crippen molar-refractivity contribution in [2.45, 2.75) is 13.1 Å². The van der Waals surface area contributed by atoms with Gasteiger partial charge in [-0.05, 0) is 23.8 Å². The Morgan fingerprint density at radius 3 is 2.40 bits per heavy atom. The summed E-state index contributed by atoms with van der Waals surface area (Å²) < 4.78 is 1.93. The lowest BCUT2D eigenvalue weighted by atomic mass is 10.1. The summed E-state index contributed by atoms with van der Waals surface area (Å²) in [5.74, 6) is 0.808. The summed E-state index contributed by atoms with van der Waals surface area (Å²) >= 11 is 12.2. The molecule has 2 heterocycles. The number of benzene rings is 2. The van der Waals surface area contributed by atoms with Gasteiger partial charge in [-0.3, -0.25) is 9.98 Å². The highest BCUT2D eigenvalue weighted by Gasteiger charge is 2.22. The number of anilines is 1. The molecule has 4 rings (SSSR count). The lowest BCUT2D eigenvalue weighted by molar-refractivity contribution is 0.727. The second-order valence-electron chi connectivity index (χ2n) is 6.04. The Morgan fingerprint density at radius 2 is 1.68 bits per heavy atom. The third-order valence-electron chi connectivity index (χ3n) is 4.27. The van der Waals surface area contributed by atoms with E-state index in [4.69, 9.17) is 33.6 Å². The van der Waals surface area contributed by atoms with Gasteiger partial charge in [0.25, 0.3) is 0 Å². The molecule has 6 heteroatoms. The fourth-order valence-corrected chi connectivity index (χ4v) is 3.70. The highest BCUT2D eigenvalue weighted by molar-refractivity contribution is 6.34. The van der Waals surface area contributed by atoms with Crippen molar-refractivity contribution in [3.63, 3.8) is 0 Å². The van der Waals surface area contributed by atoms with Gasteiger partial charge in [-0.15, -0.1) is 0 Å². The molecule has 25 heavy (non-hydrogen) atoms. The first-order chi connectivity index (χ1) is 12.1. The van der Waals surface area contributed by atoms with Crippen LogP contribution in [0.25, 0.3) is 11.3 Å². The summed E-state index contributed by atoms with van der Waals surface area (Å²) in [6.07, 6.45) is 0. The van der Waals surface area contributed by atoms with Crippen molar-refractivity contribution in [1.82, 2.24) is 9.55 Å². The van der Waals surface area contributed by atoms with E-state index in [1.165, 1.54) is 0 Å². The Kier molecular flexibility index (Phi) is 4.24. The zero-order valence-corrected chi connectivity index (χ0v) is 14.9. The van der Waals surface area contributed by atoms with Gasteiger partial charge in [-0.2, -0.15) is 0 Å². The Morgan fingerprint density at radius 1 is 0.960 bits per heavy atom. The molecule has 0 amide bonds. The van der Waals surface area contributed by atoms with E-state index in [-0.39, 0.29) is 0 Å². The molecule has 1 aliphatic rings. The largest absolute Gasteiger partial charge is 0.336 e. The molecule has 126 valence electrons. The van der Waals surface area contributed by atoms with E-state index in [2.05, 4.69) is 4.90 Å². The van der Waals surface area contributed by atoms with Crippen LogP contribution in [-0.2, 0) is 13.1 Å². The monoisotopic (exact) mass is 370 g/mol. The standard InChI is InChI=1S/C19H16Cl2N4/c20-15-8-13(9-16(21)10-15)12-24-6-7-25-18(22)11-17(23-19(24)25)14-4-2-1-3-5-14/h1-5,8-11,22H,6-7,12H2. The van der Waals surface area contributed by atoms with Crippen LogP contribution < -0.4 is 10.4 Å². The molecule has 0 radical (unpaired) electrons. The van der Waals surface area contributed by atoms with Crippen LogP contribution >= 0.6 is 23.2 Å². The number of rotatable bonds is 3. The molecule has 2 aromatic carbocycles. The Bertz CT molecular complexity index is 962. The van der Waals surface area contributed by atoms with Crippen LogP contribution in [0.4, 0.5) is 5.95 Å². The number of hydrogen-bond donors (Lipinski definition) is 1. The molecule has 0 spiro atoms. The van der Waals surface area contributed by atoms with Crippen LogP contribution in [0.15, 0.2) is 54.6 Å². The van der Waals surface area contributed by atoms with Crippen molar-refractivity contribution < 1.29 is 0 Å². The Hall–Kier alpha value is -2.30. The van der Waals surface area contributed by atoms with Gasteiger partial charge >= 0.3 is 0 Å². The fraction of sp³-hybridized carbons (Fsp3) is 0.158. The quantitative estimate of drug-likeness (QED) is 0.744. The second kappa shape index (κ2) is 6.54. The number of nitrogens with one attached hydrogen (secondary N) is 1. The van der Waals surface area contributed by atoms with Crippen molar-refractivity contribution in [2.75, 3.05) is 11.4 Å². The Balaban J connectivity index is 1.71. The van der Waals surface area contributed by atoms with E-state index in [0.717, 1.165) is 35.9 Å². The molecule has 1 aromatic heterocycles. The zero-order valence-electron chi connectivity index (χ0n) is 13.4. The minimum atomic E-state index is 0.468. The molecule has 4 nitrogen and oxygen atoms in total. The highest BCUT2D eigenvalue weighted by Crippen LogP contribution is 2.25. The maximum atomic E-state index is 8.33. The number of nitrogens with zero attached hydrogens (tertiary/aromatic N) is 3. The minimum absolute atomic E-state index is 0.468. The molecule has 0 saturated heterocycles. The average molecular weight is 371 g/mol. The van der Waals surface area contributed by atoms with Gasteiger partial charge in [0.2, 0.25) is 5.95 Å². The normalized spacial score (nSPS) is 13.1. The maximum Gasteiger partial charge on any atom is 0.208 e. The third-order valence-corrected chi connectivity index (χ3v) is 4.70. The molecular weight excluding hydrogens is 355 g/mol. The summed E-state index contributed by atoms with van der Waals surface area (Å²) in [6.45, 7) is 2.22. The van der Waals surface area contributed by atoms with E-state index in [1.807, 2.05) is 53.1 Å². The number of aromatic nitrogens is 2. The molecule has 3 aromatic rings. The molecule has 1 N–H and O–H groups in total. The summed E-state index contributed by atoms with van der Waals surface area (Å²) in [4.78, 5) is 6.97. The minimum Gasteiger partial charge on any atom is -0.336 e. The van der Waals surface area contributed by atoms with Crippen molar-refractivity contribution in [3.8, 4) is 11.3 Å². The molecule has 0 aliphatic carbocycles. The van der Waals surface area contributed by atoms with Crippen molar-refractivity contribution in [2.24, 2.45) is 0 Å². The zero-order chi connectivity index (χ0) is 17.4. The average Bonchev–Trinajstić information content (AvgIpc) is 2.98. The number of fused-ring (bicyclic) bond motifs is 1. The van der Waals surface area contributed by atoms with Gasteiger partial charge in [0.1, 0.15) is 5.49 Å². The van der Waals surface area contributed by atoms with Crippen LogP contribution in [-0.4, -0.2) is 16.1 Å². The molecular formula is C19H16Cl2N4. The van der Waals surface area contributed by atoms with Crippen molar-refractivity contribution in [3.05, 3.63) is 75.7 Å². The van der Waals surface area contributed by atoms with Gasteiger partial charge in [-0.25, -0.2) is 4.98 Å². The van der Waals surface area contributed by atoms with Gasteiger partial charge in [-0.1, -0.05) is 53.5 Å². The highest BCUT2D eigenvalue weighted by atomic mass is 35.5. The second-order valence-corrected chi connectivity index (χ2v) is 6.92. The molecule has 0 fully saturated rings. The number of halogens is 2. The van der Waals surface area contributed by atoms with Crippen LogP contribution in [0.2, 0.25) is 10.0 Å². The van der Waals surface area contributed by atoms with E-state index >= 15 is 0 Å². The molecule has 0 atom stereocenters. The fourth-order valence-electron chi connectivity index (χ4n) is 3.13. The third kappa shape index (κ3) is 3.28. The number of hydrogen-bond acceptors (Lipinski definition) is 3. The first kappa shape index (κ1) is 16.2. The van der Waals surface area contributed by atoms with E-state index in [1.54, 1.807) is 6.07 Å². The van der Waals surface area contributed by atoms with Crippen LogP contribution in [0.5, 0.6) is 0 Å². The van der Waals surface area contributed by atoms with E-state index in [0.29, 0.717) is 22.1 Å².